The molecule has 166 valence electrons. The summed E-state index contributed by atoms with van der Waals surface area (Å²) >= 11 is 1.64. The average molecular weight is 441 g/mol. The lowest BCUT2D eigenvalue weighted by Crippen LogP contribution is -2.55. The minimum absolute atomic E-state index is 0.0631. The second-order valence-corrected chi connectivity index (χ2v) is 10.8. The third-order valence-corrected chi connectivity index (χ3v) is 7.57. The first-order valence-electron chi connectivity index (χ1n) is 11.0. The fraction of sp³-hybridized carbons (Fsp3) is 0.542. The van der Waals surface area contributed by atoms with Crippen molar-refractivity contribution in [2.24, 2.45) is 11.1 Å². The summed E-state index contributed by atoms with van der Waals surface area (Å²) < 4.78 is 0. The lowest BCUT2D eigenvalue weighted by molar-refractivity contribution is -0.141. The molecule has 2 aromatic rings. The highest BCUT2D eigenvalue weighted by Gasteiger charge is 2.48. The number of carbonyl (C=O) groups excluding carboxylic acids is 2. The van der Waals surface area contributed by atoms with E-state index in [1.165, 1.54) is 4.88 Å². The Morgan fingerprint density at radius 3 is 2.48 bits per heavy atom. The van der Waals surface area contributed by atoms with Gasteiger partial charge in [0.15, 0.2) is 0 Å². The predicted molar refractivity (Wildman–Crippen MR) is 124 cm³/mol. The molecule has 0 spiro atoms. The molecule has 4 rings (SSSR count). The van der Waals surface area contributed by atoms with Crippen LogP contribution in [0.15, 0.2) is 29.8 Å². The summed E-state index contributed by atoms with van der Waals surface area (Å²) in [5.74, 6) is -0.189. The molecular formula is C24H32N4O2S. The highest BCUT2D eigenvalue weighted by Crippen LogP contribution is 2.46. The molecule has 2 atom stereocenters. The number of rotatable bonds is 5. The van der Waals surface area contributed by atoms with Gasteiger partial charge in [0.25, 0.3) is 0 Å². The smallest absolute Gasteiger partial charge is 0.243 e. The van der Waals surface area contributed by atoms with Gasteiger partial charge in [0.05, 0.1) is 27.7 Å². The van der Waals surface area contributed by atoms with Crippen molar-refractivity contribution in [3.05, 3.63) is 41.0 Å². The second-order valence-electron chi connectivity index (χ2n) is 9.95. The number of nitrogens with one attached hydrogen (secondary N) is 1. The molecule has 1 aliphatic heterocycles. The van der Waals surface area contributed by atoms with E-state index in [1.807, 2.05) is 33.2 Å². The van der Waals surface area contributed by atoms with Gasteiger partial charge in [-0.1, -0.05) is 45.0 Å². The summed E-state index contributed by atoms with van der Waals surface area (Å²) in [6, 6.07) is 7.38. The maximum Gasteiger partial charge on any atom is 0.243 e. The Balaban J connectivity index is 1.46. The Kier molecular flexibility index (Phi) is 5.68. The first-order valence-corrected chi connectivity index (χ1v) is 11.9. The summed E-state index contributed by atoms with van der Waals surface area (Å²) in [7, 11) is 0. The number of amides is 2. The van der Waals surface area contributed by atoms with E-state index in [4.69, 9.17) is 5.73 Å². The normalized spacial score (nSPS) is 21.1. The Hall–Kier alpha value is -2.25. The molecule has 1 saturated carbocycles. The minimum Gasteiger partial charge on any atom is -0.345 e. The number of thiazole rings is 1. The zero-order valence-electron chi connectivity index (χ0n) is 18.8. The number of nitrogens with two attached hydrogens (primary N) is 1. The Morgan fingerprint density at radius 1 is 1.26 bits per heavy atom. The van der Waals surface area contributed by atoms with Crippen LogP contribution in [0.4, 0.5) is 0 Å². The van der Waals surface area contributed by atoms with Crippen molar-refractivity contribution >= 4 is 23.2 Å². The van der Waals surface area contributed by atoms with Crippen LogP contribution in [0.1, 0.15) is 57.7 Å². The number of hydrogen-bond donors (Lipinski definition) is 2. The Labute approximate surface area is 188 Å². The van der Waals surface area contributed by atoms with Gasteiger partial charge in [-0.3, -0.25) is 9.59 Å². The van der Waals surface area contributed by atoms with Gasteiger partial charge in [0.1, 0.15) is 6.04 Å². The van der Waals surface area contributed by atoms with Crippen LogP contribution in [-0.2, 0) is 15.1 Å². The molecule has 1 aromatic heterocycles. The number of hydrogen-bond acceptors (Lipinski definition) is 5. The van der Waals surface area contributed by atoms with Gasteiger partial charge in [0, 0.05) is 6.54 Å². The van der Waals surface area contributed by atoms with E-state index in [2.05, 4.69) is 34.6 Å². The van der Waals surface area contributed by atoms with Gasteiger partial charge in [-0.25, -0.2) is 4.98 Å². The van der Waals surface area contributed by atoms with E-state index in [0.717, 1.165) is 36.1 Å². The molecule has 2 heterocycles. The fourth-order valence-electron chi connectivity index (χ4n) is 4.30. The topological polar surface area (TPSA) is 88.3 Å². The van der Waals surface area contributed by atoms with Gasteiger partial charge >= 0.3 is 0 Å². The number of carbonyl (C=O) groups is 2. The molecule has 1 saturated heterocycles. The van der Waals surface area contributed by atoms with Crippen molar-refractivity contribution in [3.63, 3.8) is 0 Å². The highest BCUT2D eigenvalue weighted by molar-refractivity contribution is 7.13. The van der Waals surface area contributed by atoms with Crippen molar-refractivity contribution in [2.75, 3.05) is 6.54 Å². The van der Waals surface area contributed by atoms with Crippen molar-refractivity contribution in [1.82, 2.24) is 15.2 Å². The van der Waals surface area contributed by atoms with Crippen LogP contribution in [0.25, 0.3) is 10.4 Å². The summed E-state index contributed by atoms with van der Waals surface area (Å²) in [6.07, 6.45) is 3.35. The van der Waals surface area contributed by atoms with Crippen molar-refractivity contribution < 1.29 is 9.59 Å². The largest absolute Gasteiger partial charge is 0.345 e. The summed E-state index contributed by atoms with van der Waals surface area (Å²) in [5.41, 5.74) is 10.7. The van der Waals surface area contributed by atoms with E-state index in [0.29, 0.717) is 13.0 Å². The monoisotopic (exact) mass is 440 g/mol. The van der Waals surface area contributed by atoms with Crippen molar-refractivity contribution in [1.29, 1.82) is 0 Å². The predicted octanol–water partition coefficient (Wildman–Crippen LogP) is 3.59. The zero-order valence-corrected chi connectivity index (χ0v) is 19.6. The van der Waals surface area contributed by atoms with Gasteiger partial charge in [0.2, 0.25) is 11.8 Å². The zero-order chi connectivity index (χ0) is 22.4. The van der Waals surface area contributed by atoms with Crippen LogP contribution >= 0.6 is 11.3 Å². The minimum atomic E-state index is -0.612. The Morgan fingerprint density at radius 2 is 1.94 bits per heavy atom. The number of nitrogens with zero attached hydrogens (tertiary/aromatic N) is 2. The highest BCUT2D eigenvalue weighted by atomic mass is 32.1. The quantitative estimate of drug-likeness (QED) is 0.744. The lowest BCUT2D eigenvalue weighted by Gasteiger charge is -2.33. The molecule has 6 nitrogen and oxygen atoms in total. The SMILES string of the molecule is Cc1ncsc1-c1ccc(C2(NC(=O)[C@@H]3CCCN3C(=O)[C@@H](N)C(C)(C)C)CC2)cc1. The van der Waals surface area contributed by atoms with E-state index >= 15 is 0 Å². The maximum atomic E-state index is 13.2. The van der Waals surface area contributed by atoms with Gasteiger partial charge in [-0.2, -0.15) is 0 Å². The fourth-order valence-corrected chi connectivity index (χ4v) is 5.11. The van der Waals surface area contributed by atoms with Crippen LogP contribution in [-0.4, -0.2) is 40.3 Å². The Bertz CT molecular complexity index is 972. The molecule has 0 radical (unpaired) electrons. The van der Waals surface area contributed by atoms with E-state index in [-0.39, 0.29) is 22.8 Å². The molecule has 7 heteroatoms. The summed E-state index contributed by atoms with van der Waals surface area (Å²) in [6.45, 7) is 8.48. The maximum absolute atomic E-state index is 13.2. The molecule has 2 aliphatic rings. The van der Waals surface area contributed by atoms with Crippen molar-refractivity contribution in [3.8, 4) is 10.4 Å². The third-order valence-electron chi connectivity index (χ3n) is 6.60. The molecule has 2 fully saturated rings. The molecule has 1 aliphatic carbocycles. The van der Waals surface area contributed by atoms with Crippen LogP contribution in [0.3, 0.4) is 0 Å². The van der Waals surface area contributed by atoms with E-state index < -0.39 is 12.1 Å². The third kappa shape index (κ3) is 4.26. The van der Waals surface area contributed by atoms with E-state index in [1.54, 1.807) is 16.2 Å². The summed E-state index contributed by atoms with van der Waals surface area (Å²) in [4.78, 5) is 33.4. The average Bonchev–Trinajstić information content (AvgIpc) is 3.14. The number of likely N-dealkylation sites (tertiary alicyclic amines) is 1. The van der Waals surface area contributed by atoms with Gasteiger partial charge in [-0.15, -0.1) is 11.3 Å². The number of benzene rings is 1. The molecule has 31 heavy (non-hydrogen) atoms. The molecule has 0 unspecified atom stereocenters. The number of aromatic nitrogens is 1. The molecule has 1 aromatic carbocycles. The van der Waals surface area contributed by atoms with Crippen LogP contribution in [0.5, 0.6) is 0 Å². The second kappa shape index (κ2) is 8.02. The van der Waals surface area contributed by atoms with E-state index in [9.17, 15) is 9.59 Å². The first-order chi connectivity index (χ1) is 14.6. The van der Waals surface area contributed by atoms with Gasteiger partial charge in [-0.05, 0) is 49.1 Å². The van der Waals surface area contributed by atoms with Crippen LogP contribution < -0.4 is 11.1 Å². The first kappa shape index (κ1) is 22.0. The van der Waals surface area contributed by atoms with Gasteiger partial charge < -0.3 is 16.0 Å². The molecule has 3 N–H and O–H groups in total. The van der Waals surface area contributed by atoms with Crippen molar-refractivity contribution in [2.45, 2.75) is 71.0 Å². The molecule has 0 bridgehead atoms. The summed E-state index contributed by atoms with van der Waals surface area (Å²) in [5, 5.41) is 3.27. The number of aryl methyl sites for hydroxylation is 1. The molecule has 2 amide bonds. The van der Waals surface area contributed by atoms with Crippen LogP contribution in [0, 0.1) is 12.3 Å². The molecular weight excluding hydrogens is 408 g/mol. The standard InChI is InChI=1S/C24H32N4O2S/c1-15-19(31-14-26-15)16-7-9-17(10-8-16)24(11-12-24)27-21(29)18-6-5-13-28(18)22(30)20(25)23(2,3)4/h7-10,14,18,20H,5-6,11-13,25H2,1-4H3,(H,27,29)/t18-,20+/m0/s1. The van der Waals surface area contributed by atoms with Crippen LogP contribution in [0.2, 0.25) is 0 Å². The lowest BCUT2D eigenvalue weighted by atomic mass is 9.86.